The largest absolute Gasteiger partial charge is 0.0735 e. The molecule has 0 aliphatic heterocycles. The highest BCUT2D eigenvalue weighted by Gasteiger charge is 2.39. The summed E-state index contributed by atoms with van der Waals surface area (Å²) in [4.78, 5) is 0. The zero-order valence-corrected chi connectivity index (χ0v) is 28.2. The minimum atomic E-state index is 0.338. The average molecular weight is 539 g/mol. The van der Waals surface area contributed by atoms with Crippen molar-refractivity contribution >= 4 is 21.7 Å². The van der Waals surface area contributed by atoms with E-state index in [9.17, 15) is 0 Å². The number of hydrogen-bond donors (Lipinski definition) is 0. The van der Waals surface area contributed by atoms with Crippen molar-refractivity contribution in [1.82, 2.24) is 0 Å². The van der Waals surface area contributed by atoms with Crippen molar-refractivity contribution in [1.29, 1.82) is 0 Å². The first kappa shape index (κ1) is 30.1. The Balaban J connectivity index is 0.000000165. The van der Waals surface area contributed by atoms with Crippen molar-refractivity contribution in [3.05, 3.63) is 79.9 Å². The molecule has 4 aliphatic carbocycles. The Kier molecular flexibility index (Phi) is 8.12. The van der Waals surface area contributed by atoms with Gasteiger partial charge in [0.05, 0.1) is 0 Å². The van der Waals surface area contributed by atoms with Gasteiger partial charge in [-0.05, 0) is 119 Å². The van der Waals surface area contributed by atoms with Gasteiger partial charge in [-0.15, -0.1) is 0 Å². The Hall–Kier alpha value is -1.86. The molecule has 2 aromatic rings. The van der Waals surface area contributed by atoms with E-state index >= 15 is 0 Å². The molecule has 0 N–H and O–H groups in total. The summed E-state index contributed by atoms with van der Waals surface area (Å²) in [5, 5.41) is 0. The van der Waals surface area contributed by atoms with Gasteiger partial charge in [-0.1, -0.05) is 116 Å². The van der Waals surface area contributed by atoms with Crippen LogP contribution in [-0.2, 0) is 34.5 Å². The molecule has 0 atom stereocenters. The molecule has 0 spiro atoms. The minimum Gasteiger partial charge on any atom is -0.0735 e. The van der Waals surface area contributed by atoms with Crippen LogP contribution in [0.15, 0.2) is 35.4 Å². The van der Waals surface area contributed by atoms with Gasteiger partial charge in [-0.25, -0.2) is 0 Å². The van der Waals surface area contributed by atoms with Crippen molar-refractivity contribution in [3.8, 4) is 0 Å². The maximum atomic E-state index is 2.50. The maximum absolute atomic E-state index is 2.50. The molecule has 0 aromatic heterocycles. The number of hydrogen-bond acceptors (Lipinski definition) is 0. The molecule has 0 bridgehead atoms. The Morgan fingerprint density at radius 3 is 1.03 bits per heavy atom. The van der Waals surface area contributed by atoms with Crippen molar-refractivity contribution < 1.29 is 0 Å². The fourth-order valence-electron chi connectivity index (χ4n) is 7.16. The molecule has 0 amide bonds. The summed E-state index contributed by atoms with van der Waals surface area (Å²) in [5.74, 6) is 0. The van der Waals surface area contributed by atoms with Crippen LogP contribution in [0.1, 0.15) is 139 Å². The van der Waals surface area contributed by atoms with Gasteiger partial charge in [-0.2, -0.15) is 0 Å². The van der Waals surface area contributed by atoms with E-state index in [1.165, 1.54) is 59.1 Å². The summed E-state index contributed by atoms with van der Waals surface area (Å²) in [6.45, 7) is 28.0. The minimum absolute atomic E-state index is 0.338. The summed E-state index contributed by atoms with van der Waals surface area (Å²) >= 11 is 0. The molecule has 210 valence electrons. The standard InChI is InChI=1S/2C18H24.C2H6Si/c2*1-12-8-13-10-15-16(11-14(13)9-12)18(4,5)7-6-17(15,2)3;1-3-2/h2*8,10-11H,6-7,9H2,1-5H3;1-2H3. The molecule has 0 nitrogen and oxygen atoms in total. The highest BCUT2D eigenvalue weighted by Crippen LogP contribution is 2.49. The molecule has 2 radical (unpaired) electrons. The van der Waals surface area contributed by atoms with E-state index in [-0.39, 0.29) is 0 Å². The molecule has 6 rings (SSSR count). The normalized spacial score (nSPS) is 21.9. The number of benzene rings is 2. The van der Waals surface area contributed by atoms with Gasteiger partial charge in [0.2, 0.25) is 0 Å². The Morgan fingerprint density at radius 1 is 0.487 bits per heavy atom. The van der Waals surface area contributed by atoms with Crippen molar-refractivity contribution in [2.45, 2.75) is 143 Å². The first-order valence-corrected chi connectivity index (χ1v) is 17.3. The molecular formula is C38H54Si. The zero-order valence-electron chi connectivity index (χ0n) is 27.2. The maximum Gasteiger partial charge on any atom is 0.0307 e. The molecule has 0 fully saturated rings. The molecule has 0 heterocycles. The molecular weight excluding hydrogens is 485 g/mol. The zero-order chi connectivity index (χ0) is 29.0. The lowest BCUT2D eigenvalue weighted by atomic mass is 9.62. The quantitative estimate of drug-likeness (QED) is 0.293. The van der Waals surface area contributed by atoms with Crippen LogP contribution in [-0.4, -0.2) is 9.52 Å². The van der Waals surface area contributed by atoms with Crippen LogP contribution in [0.3, 0.4) is 0 Å². The molecule has 39 heavy (non-hydrogen) atoms. The Bertz CT molecular complexity index is 1210. The molecule has 0 saturated carbocycles. The van der Waals surface area contributed by atoms with Gasteiger partial charge in [0.25, 0.3) is 0 Å². The lowest BCUT2D eigenvalue weighted by Gasteiger charge is -2.42. The van der Waals surface area contributed by atoms with E-state index < -0.39 is 0 Å². The third-order valence-corrected chi connectivity index (χ3v) is 9.97. The summed E-state index contributed by atoms with van der Waals surface area (Å²) < 4.78 is 0. The third kappa shape index (κ3) is 5.95. The number of fused-ring (bicyclic) bond motifs is 4. The van der Waals surface area contributed by atoms with E-state index in [0.717, 1.165) is 22.4 Å². The van der Waals surface area contributed by atoms with Crippen LogP contribution in [0.2, 0.25) is 13.1 Å². The van der Waals surface area contributed by atoms with Crippen LogP contribution in [0.25, 0.3) is 12.2 Å². The van der Waals surface area contributed by atoms with E-state index in [1.54, 1.807) is 22.3 Å². The SMILES string of the molecule is CC1=Cc2cc3c(cc2C1)C(C)(C)CCC3(C)C.CC1=Cc2cc3c(cc2C1)C(C)(C)CCC3(C)C.C[Si]C. The fraction of sp³-hybridized carbons (Fsp3) is 0.579. The summed E-state index contributed by atoms with van der Waals surface area (Å²) in [7, 11) is 1.08. The van der Waals surface area contributed by atoms with Crippen molar-refractivity contribution in [2.24, 2.45) is 0 Å². The van der Waals surface area contributed by atoms with Crippen LogP contribution < -0.4 is 0 Å². The van der Waals surface area contributed by atoms with Crippen LogP contribution in [0.4, 0.5) is 0 Å². The highest BCUT2D eigenvalue weighted by molar-refractivity contribution is 6.31. The molecule has 0 unspecified atom stereocenters. The topological polar surface area (TPSA) is 0 Å². The van der Waals surface area contributed by atoms with Gasteiger partial charge in [0.1, 0.15) is 0 Å². The second-order valence-corrected chi connectivity index (χ2v) is 16.6. The predicted octanol–water partition coefficient (Wildman–Crippen LogP) is 10.8. The van der Waals surface area contributed by atoms with Gasteiger partial charge < -0.3 is 0 Å². The summed E-state index contributed by atoms with van der Waals surface area (Å²) in [5.41, 5.74) is 16.8. The summed E-state index contributed by atoms with van der Waals surface area (Å²) in [6, 6.07) is 9.95. The highest BCUT2D eigenvalue weighted by atomic mass is 28.2. The number of allylic oxidation sites excluding steroid dienone is 2. The van der Waals surface area contributed by atoms with Crippen LogP contribution in [0.5, 0.6) is 0 Å². The first-order chi connectivity index (χ1) is 18.0. The Labute approximate surface area is 243 Å². The van der Waals surface area contributed by atoms with Gasteiger partial charge in [0.15, 0.2) is 0 Å². The number of rotatable bonds is 0. The smallest absolute Gasteiger partial charge is 0.0307 e. The lowest BCUT2D eigenvalue weighted by Crippen LogP contribution is -2.34. The van der Waals surface area contributed by atoms with Gasteiger partial charge >= 0.3 is 0 Å². The van der Waals surface area contributed by atoms with E-state index in [1.807, 2.05) is 0 Å². The lowest BCUT2D eigenvalue weighted by molar-refractivity contribution is 0.331. The predicted molar refractivity (Wildman–Crippen MR) is 176 cm³/mol. The third-order valence-electron chi connectivity index (χ3n) is 9.97. The fourth-order valence-corrected chi connectivity index (χ4v) is 7.16. The van der Waals surface area contributed by atoms with E-state index in [0.29, 0.717) is 21.7 Å². The van der Waals surface area contributed by atoms with Gasteiger partial charge in [0, 0.05) is 9.52 Å². The van der Waals surface area contributed by atoms with E-state index in [2.05, 4.69) is 119 Å². The molecule has 4 aliphatic rings. The van der Waals surface area contributed by atoms with Crippen molar-refractivity contribution in [3.63, 3.8) is 0 Å². The molecule has 2 aromatic carbocycles. The summed E-state index contributed by atoms with van der Waals surface area (Å²) in [6.07, 6.45) is 12.2. The molecule has 1 heteroatoms. The van der Waals surface area contributed by atoms with Crippen LogP contribution in [0, 0.1) is 0 Å². The second kappa shape index (κ2) is 10.5. The second-order valence-electron chi connectivity index (χ2n) is 15.6. The van der Waals surface area contributed by atoms with Crippen LogP contribution >= 0.6 is 0 Å². The van der Waals surface area contributed by atoms with Crippen molar-refractivity contribution in [2.75, 3.05) is 0 Å². The van der Waals surface area contributed by atoms with E-state index in [4.69, 9.17) is 0 Å². The monoisotopic (exact) mass is 538 g/mol. The molecule has 0 saturated heterocycles. The Morgan fingerprint density at radius 2 is 0.744 bits per heavy atom. The van der Waals surface area contributed by atoms with Gasteiger partial charge in [-0.3, -0.25) is 0 Å². The average Bonchev–Trinajstić information content (AvgIpc) is 3.39. The first-order valence-electron chi connectivity index (χ1n) is 15.3.